The van der Waals surface area contributed by atoms with Crippen molar-refractivity contribution in [3.8, 4) is 0 Å². The Morgan fingerprint density at radius 2 is 1.74 bits per heavy atom. The second kappa shape index (κ2) is 17.5. The third-order valence-corrected chi connectivity index (χ3v) is 10.4. The van der Waals surface area contributed by atoms with Crippen LogP contribution in [0.15, 0.2) is 47.0 Å². The minimum absolute atomic E-state index is 0.0209. The summed E-state index contributed by atoms with van der Waals surface area (Å²) < 4.78 is 16.1. The van der Waals surface area contributed by atoms with Gasteiger partial charge in [0.05, 0.1) is 17.1 Å². The lowest BCUT2D eigenvalue weighted by molar-refractivity contribution is -0.136. The van der Waals surface area contributed by atoms with Gasteiger partial charge in [-0.1, -0.05) is 101 Å². The molecule has 0 spiro atoms. The number of hydrogen-bond acceptors (Lipinski definition) is 9. The monoisotopic (exact) mass is 768 g/mol. The molecule has 2 unspecified atom stereocenters. The van der Waals surface area contributed by atoms with E-state index in [2.05, 4.69) is 31.1 Å². The number of aromatic amines is 1. The van der Waals surface area contributed by atoms with Crippen molar-refractivity contribution in [3.63, 3.8) is 0 Å². The minimum atomic E-state index is -1.51. The van der Waals surface area contributed by atoms with Crippen LogP contribution in [-0.2, 0) is 38.5 Å². The van der Waals surface area contributed by atoms with E-state index in [1.165, 1.54) is 0 Å². The van der Waals surface area contributed by atoms with Crippen molar-refractivity contribution in [2.45, 2.75) is 97.4 Å². The summed E-state index contributed by atoms with van der Waals surface area (Å²) in [7, 11) is 0. The summed E-state index contributed by atoms with van der Waals surface area (Å²) >= 11 is 13.0. The first-order chi connectivity index (χ1) is 25.4. The molecule has 1 aliphatic carbocycles. The Balaban J connectivity index is 1.48. The Morgan fingerprint density at radius 3 is 2.43 bits per heavy atom. The molecule has 3 amide bonds. The van der Waals surface area contributed by atoms with Crippen LogP contribution in [0.4, 0.5) is 4.79 Å². The van der Waals surface area contributed by atoms with Gasteiger partial charge >= 0.3 is 12.1 Å². The van der Waals surface area contributed by atoms with Gasteiger partial charge in [-0.15, -0.1) is 0 Å². The minimum Gasteiger partial charge on any atom is -0.460 e. The van der Waals surface area contributed by atoms with Gasteiger partial charge in [0, 0.05) is 22.5 Å². The maximum absolute atomic E-state index is 14.8. The molecule has 13 nitrogen and oxygen atoms in total. The lowest BCUT2D eigenvalue weighted by atomic mass is 9.78. The molecule has 2 aromatic heterocycles. The molecule has 0 aliphatic heterocycles. The number of aromatic nitrogens is 3. The average molecular weight is 770 g/mol. The molecule has 1 aliphatic rings. The number of carbonyl (C=O) groups excluding carboxylic acids is 4. The lowest BCUT2D eigenvalue weighted by Gasteiger charge is -2.39. The second-order valence-corrected chi connectivity index (χ2v) is 14.5. The lowest BCUT2D eigenvalue weighted by Crippen LogP contribution is -2.65. The quantitative estimate of drug-likeness (QED) is 0.0926. The normalized spacial score (nSPS) is 17.6. The molecule has 4 aromatic rings. The van der Waals surface area contributed by atoms with Crippen LogP contribution in [-0.4, -0.2) is 57.2 Å². The van der Waals surface area contributed by atoms with Gasteiger partial charge < -0.3 is 34.9 Å². The van der Waals surface area contributed by atoms with E-state index in [0.717, 1.165) is 22.2 Å². The highest BCUT2D eigenvalue weighted by atomic mass is 35.5. The van der Waals surface area contributed by atoms with Crippen molar-refractivity contribution in [1.29, 1.82) is 0 Å². The number of halogens is 2. The average Bonchev–Trinajstić information content (AvgIpc) is 3.79. The third kappa shape index (κ3) is 9.13. The molecule has 5 rings (SSSR count). The molecular weight excluding hydrogens is 723 g/mol. The molecule has 0 bridgehead atoms. The summed E-state index contributed by atoms with van der Waals surface area (Å²) in [6, 6.07) is 10.8. The zero-order valence-corrected chi connectivity index (χ0v) is 32.0. The molecule has 2 aromatic carbocycles. The zero-order valence-electron chi connectivity index (χ0n) is 30.5. The highest BCUT2D eigenvalue weighted by Crippen LogP contribution is 2.39. The smallest absolute Gasteiger partial charge is 0.408 e. The van der Waals surface area contributed by atoms with E-state index in [0.29, 0.717) is 41.2 Å². The van der Waals surface area contributed by atoms with Crippen molar-refractivity contribution in [1.82, 2.24) is 31.1 Å². The van der Waals surface area contributed by atoms with Crippen molar-refractivity contribution in [2.75, 3.05) is 6.61 Å². The molecule has 4 N–H and O–H groups in total. The first-order valence-corrected chi connectivity index (χ1v) is 18.7. The molecular formula is C38H46Cl2N6O7. The number of rotatable bonds is 15. The highest BCUT2D eigenvalue weighted by Gasteiger charge is 2.47. The van der Waals surface area contributed by atoms with Crippen LogP contribution >= 0.6 is 23.2 Å². The van der Waals surface area contributed by atoms with Crippen LogP contribution < -0.4 is 16.0 Å². The van der Waals surface area contributed by atoms with Gasteiger partial charge in [0.25, 0.3) is 5.82 Å². The topological polar surface area (TPSA) is 178 Å². The first-order valence-electron chi connectivity index (χ1n) is 18.0. The van der Waals surface area contributed by atoms with Crippen molar-refractivity contribution in [2.24, 2.45) is 11.8 Å². The van der Waals surface area contributed by atoms with Crippen LogP contribution in [0.1, 0.15) is 99.7 Å². The van der Waals surface area contributed by atoms with E-state index < -0.39 is 41.5 Å². The maximum Gasteiger partial charge on any atom is 0.408 e. The number of ether oxygens (including phenoxy) is 2. The zero-order chi connectivity index (χ0) is 38.3. The molecule has 0 saturated carbocycles. The molecule has 5 atom stereocenters. The molecule has 0 saturated heterocycles. The van der Waals surface area contributed by atoms with E-state index in [4.69, 9.17) is 37.2 Å². The second-order valence-electron chi connectivity index (χ2n) is 13.6. The Hall–Kier alpha value is -4.62. The number of aryl methyl sites for hydroxylation is 1. The number of H-pyrrole nitrogens is 1. The van der Waals surface area contributed by atoms with E-state index >= 15 is 0 Å². The summed E-state index contributed by atoms with van der Waals surface area (Å²) in [6.45, 7) is 9.68. The molecule has 284 valence electrons. The predicted octanol–water partition coefficient (Wildman–Crippen LogP) is 7.01. The summed E-state index contributed by atoms with van der Waals surface area (Å²) in [4.78, 5) is 62.4. The number of amides is 3. The fourth-order valence-electron chi connectivity index (χ4n) is 6.40. The number of carbonyl (C=O) groups is 4. The fourth-order valence-corrected chi connectivity index (χ4v) is 6.94. The standard InChI is InChI=1S/C38H46Cl2N6O7/c1-6-16-51-35(48)32-44-34(53-46-32)30(22(5)8-3)42-36(49)38(15-14-28-26(19-38)25-17-24(39)18-27(40)31(25)41-28)45-33(47)29(21(4)7-2)43-37(50)52-20-23-12-10-9-11-13-23/h9-13,17-18,21-22,29-30,41H,6-8,14-16,19-20H2,1-5H3,(H,42,49)(H,43,50)(H,45,47)/t21-,22?,29-,30?,38+/m0/s1. The Labute approximate surface area is 318 Å². The SMILES string of the molecule is CCCOC(=O)c1noc(C(NC(=O)[C@@]2(NC(=O)[C@@H](NC(=O)OCc3ccccc3)[C@@H](C)CC)CCc3[nH]c4c(Cl)cc(Cl)cc4c3C2)C(C)CC)n1. The Bertz CT molecular complexity index is 1930. The summed E-state index contributed by atoms with van der Waals surface area (Å²) in [6.07, 6.45) is 1.68. The van der Waals surface area contributed by atoms with Gasteiger partial charge in [-0.05, 0) is 59.5 Å². The predicted molar refractivity (Wildman–Crippen MR) is 199 cm³/mol. The fraction of sp³-hybridized carbons (Fsp3) is 0.474. The van der Waals surface area contributed by atoms with Gasteiger partial charge in [-0.2, -0.15) is 4.98 Å². The number of nitrogens with zero attached hydrogens (tertiary/aromatic N) is 2. The van der Waals surface area contributed by atoms with Gasteiger partial charge in [0.1, 0.15) is 24.2 Å². The number of esters is 1. The van der Waals surface area contributed by atoms with E-state index in [1.807, 2.05) is 65.0 Å². The van der Waals surface area contributed by atoms with Gasteiger partial charge in [0.2, 0.25) is 17.7 Å². The molecule has 2 heterocycles. The summed E-state index contributed by atoms with van der Waals surface area (Å²) in [5, 5.41) is 14.3. The number of hydrogen-bond donors (Lipinski definition) is 4. The van der Waals surface area contributed by atoms with Crippen LogP contribution in [0, 0.1) is 11.8 Å². The van der Waals surface area contributed by atoms with Crippen molar-refractivity contribution < 1.29 is 33.2 Å². The Kier molecular flexibility index (Phi) is 13.0. The van der Waals surface area contributed by atoms with Crippen LogP contribution in [0.3, 0.4) is 0 Å². The maximum atomic E-state index is 14.8. The summed E-state index contributed by atoms with van der Waals surface area (Å²) in [5.41, 5.74) is 1.61. The molecule has 53 heavy (non-hydrogen) atoms. The van der Waals surface area contributed by atoms with E-state index in [1.54, 1.807) is 12.1 Å². The van der Waals surface area contributed by atoms with Crippen LogP contribution in [0.2, 0.25) is 10.0 Å². The van der Waals surface area contributed by atoms with Crippen molar-refractivity contribution >= 4 is 58.0 Å². The molecule has 0 fully saturated rings. The van der Waals surface area contributed by atoms with Gasteiger partial charge in [-0.3, -0.25) is 9.59 Å². The number of nitrogens with one attached hydrogen (secondary N) is 4. The van der Waals surface area contributed by atoms with Crippen molar-refractivity contribution in [3.05, 3.63) is 81.0 Å². The number of benzene rings is 2. The first kappa shape index (κ1) is 39.6. The van der Waals surface area contributed by atoms with E-state index in [9.17, 15) is 19.2 Å². The van der Waals surface area contributed by atoms with Gasteiger partial charge in [0.15, 0.2) is 0 Å². The van der Waals surface area contributed by atoms with Gasteiger partial charge in [-0.25, -0.2) is 9.59 Å². The van der Waals surface area contributed by atoms with Crippen LogP contribution in [0.25, 0.3) is 10.9 Å². The number of alkyl carbamates (subject to hydrolysis) is 1. The summed E-state index contributed by atoms with van der Waals surface area (Å²) in [5.74, 6) is -2.55. The highest BCUT2D eigenvalue weighted by molar-refractivity contribution is 6.38. The Morgan fingerprint density at radius 1 is 1.00 bits per heavy atom. The van der Waals surface area contributed by atoms with E-state index in [-0.39, 0.29) is 49.6 Å². The molecule has 15 heteroatoms. The third-order valence-electron chi connectivity index (χ3n) is 9.91. The molecule has 0 radical (unpaired) electrons. The van der Waals surface area contributed by atoms with Crippen LogP contribution in [0.5, 0.6) is 0 Å². The largest absolute Gasteiger partial charge is 0.460 e. The number of fused-ring (bicyclic) bond motifs is 3.